The van der Waals surface area contributed by atoms with Gasteiger partial charge in [-0.2, -0.15) is 0 Å². The molecular weight excluding hydrogens is 335 g/mol. The molecule has 2 rings (SSSR count). The molecule has 1 aliphatic carbocycles. The van der Waals surface area contributed by atoms with E-state index in [-0.39, 0.29) is 11.3 Å². The highest BCUT2D eigenvalue weighted by Crippen LogP contribution is 2.32. The summed E-state index contributed by atoms with van der Waals surface area (Å²) < 4.78 is 40.7. The van der Waals surface area contributed by atoms with Gasteiger partial charge in [-0.05, 0) is 53.4 Å². The van der Waals surface area contributed by atoms with Gasteiger partial charge in [-0.3, -0.25) is 0 Å². The Kier molecular flexibility index (Phi) is 4.64. The first-order valence-corrected chi connectivity index (χ1v) is 7.36. The smallest absolute Gasteiger partial charge is 0.405 e. The van der Waals surface area contributed by atoms with Gasteiger partial charge in [0, 0.05) is 12.1 Å². The van der Waals surface area contributed by atoms with Crippen LogP contribution >= 0.6 is 15.9 Å². The number of benzene rings is 1. The summed E-state index contributed by atoms with van der Waals surface area (Å²) in [6, 6.07) is 4.65. The zero-order valence-corrected chi connectivity index (χ0v) is 12.8. The summed E-state index contributed by atoms with van der Waals surface area (Å²) in [5, 5.41) is 3.49. The van der Waals surface area contributed by atoms with Gasteiger partial charge in [0.05, 0.1) is 4.47 Å². The highest BCUT2D eigenvalue weighted by Gasteiger charge is 2.32. The van der Waals surface area contributed by atoms with Crippen LogP contribution in [0.2, 0.25) is 0 Å². The van der Waals surface area contributed by atoms with Crippen molar-refractivity contribution in [3.8, 4) is 5.75 Å². The van der Waals surface area contributed by atoms with Gasteiger partial charge in [0.2, 0.25) is 0 Å². The van der Waals surface area contributed by atoms with Crippen molar-refractivity contribution in [3.63, 3.8) is 0 Å². The third-order valence-electron chi connectivity index (χ3n) is 3.65. The van der Waals surface area contributed by atoms with Crippen LogP contribution in [0.4, 0.5) is 13.2 Å². The fourth-order valence-corrected chi connectivity index (χ4v) is 3.02. The number of hydrogen-bond donors (Lipinski definition) is 1. The summed E-state index contributed by atoms with van der Waals surface area (Å²) in [6.07, 6.45) is 0.0730. The van der Waals surface area contributed by atoms with Crippen LogP contribution in [-0.4, -0.2) is 11.9 Å². The second kappa shape index (κ2) is 5.93. The second-order valence-electron chi connectivity index (χ2n) is 5.43. The molecule has 0 spiro atoms. The second-order valence-corrected chi connectivity index (χ2v) is 6.29. The van der Waals surface area contributed by atoms with E-state index in [2.05, 4.69) is 32.9 Å². The molecule has 2 nitrogen and oxygen atoms in total. The van der Waals surface area contributed by atoms with Gasteiger partial charge < -0.3 is 10.1 Å². The first-order valence-electron chi connectivity index (χ1n) is 6.57. The highest BCUT2D eigenvalue weighted by atomic mass is 79.9. The lowest BCUT2D eigenvalue weighted by molar-refractivity contribution is -0.274. The van der Waals surface area contributed by atoms with Crippen LogP contribution in [0.25, 0.3) is 0 Å². The molecule has 0 amide bonds. The minimum Gasteiger partial charge on any atom is -0.405 e. The Morgan fingerprint density at radius 3 is 2.50 bits per heavy atom. The lowest BCUT2D eigenvalue weighted by Crippen LogP contribution is -2.38. The maximum atomic E-state index is 12.2. The Balaban J connectivity index is 1.98. The van der Waals surface area contributed by atoms with Crippen molar-refractivity contribution in [1.82, 2.24) is 5.32 Å². The maximum absolute atomic E-state index is 12.2. The van der Waals surface area contributed by atoms with Crippen molar-refractivity contribution >= 4 is 15.9 Å². The predicted octanol–water partition coefficient (Wildman–Crippen LogP) is 4.77. The van der Waals surface area contributed by atoms with Gasteiger partial charge in [-0.25, -0.2) is 0 Å². The molecule has 0 heterocycles. The van der Waals surface area contributed by atoms with Gasteiger partial charge in [-0.15, -0.1) is 13.2 Å². The molecule has 1 aliphatic rings. The molecule has 1 fully saturated rings. The monoisotopic (exact) mass is 351 g/mol. The lowest BCUT2D eigenvalue weighted by atomic mass is 10.0. The molecule has 0 unspecified atom stereocenters. The summed E-state index contributed by atoms with van der Waals surface area (Å²) in [5.74, 6) is -0.215. The zero-order valence-electron chi connectivity index (χ0n) is 11.2. The molecule has 1 aromatic rings. The highest BCUT2D eigenvalue weighted by molar-refractivity contribution is 9.10. The number of hydrogen-bond acceptors (Lipinski definition) is 2. The van der Waals surface area contributed by atoms with Gasteiger partial charge in [0.15, 0.2) is 0 Å². The quantitative estimate of drug-likeness (QED) is 0.843. The largest absolute Gasteiger partial charge is 0.573 e. The Bertz CT molecular complexity index is 470. The van der Waals surface area contributed by atoms with Gasteiger partial charge in [-0.1, -0.05) is 18.9 Å². The fraction of sp³-hybridized carbons (Fsp3) is 0.571. The molecule has 0 aliphatic heterocycles. The number of ether oxygens (including phenoxy) is 1. The number of halogens is 4. The molecule has 1 saturated carbocycles. The maximum Gasteiger partial charge on any atom is 0.573 e. The van der Waals surface area contributed by atoms with E-state index < -0.39 is 6.36 Å². The summed E-state index contributed by atoms with van der Waals surface area (Å²) in [7, 11) is 0. The number of rotatable bonds is 4. The molecule has 6 heteroatoms. The average Bonchev–Trinajstić information content (AvgIpc) is 2.76. The normalized spacial score (nSPS) is 18.2. The molecule has 0 atom stereocenters. The van der Waals surface area contributed by atoms with E-state index in [0.717, 1.165) is 18.4 Å². The summed E-state index contributed by atoms with van der Waals surface area (Å²) in [6.45, 7) is 2.83. The van der Waals surface area contributed by atoms with Crippen LogP contribution in [-0.2, 0) is 6.54 Å². The van der Waals surface area contributed by atoms with Crippen molar-refractivity contribution in [1.29, 1.82) is 0 Å². The Hall–Kier alpha value is -0.750. The van der Waals surface area contributed by atoms with Crippen molar-refractivity contribution in [2.24, 2.45) is 0 Å². The number of nitrogens with one attached hydrogen (secondary N) is 1. The molecule has 0 bridgehead atoms. The summed E-state index contributed by atoms with van der Waals surface area (Å²) in [4.78, 5) is 0. The standard InChI is InChI=1S/C14H17BrF3NO/c1-13(6-2-3-7-13)19-9-10-4-5-12(11(15)8-10)20-14(16,17)18/h4-5,8,19H,2-3,6-7,9H2,1H3. The van der Waals surface area contributed by atoms with Gasteiger partial charge in [0.1, 0.15) is 5.75 Å². The molecule has 20 heavy (non-hydrogen) atoms. The van der Waals surface area contributed by atoms with Crippen LogP contribution in [0, 0.1) is 0 Å². The van der Waals surface area contributed by atoms with Crippen molar-refractivity contribution in [3.05, 3.63) is 28.2 Å². The zero-order chi connectivity index (χ0) is 14.8. The van der Waals surface area contributed by atoms with Crippen LogP contribution < -0.4 is 10.1 Å². The first kappa shape index (κ1) is 15.6. The van der Waals surface area contributed by atoms with Crippen molar-refractivity contribution in [2.75, 3.05) is 0 Å². The third-order valence-corrected chi connectivity index (χ3v) is 4.27. The molecule has 112 valence electrons. The van der Waals surface area contributed by atoms with E-state index in [1.165, 1.54) is 18.9 Å². The van der Waals surface area contributed by atoms with E-state index in [0.29, 0.717) is 11.0 Å². The molecule has 0 radical (unpaired) electrons. The Morgan fingerprint density at radius 2 is 1.95 bits per heavy atom. The number of alkyl halides is 3. The lowest BCUT2D eigenvalue weighted by Gasteiger charge is -2.25. The summed E-state index contributed by atoms with van der Waals surface area (Å²) >= 11 is 3.11. The van der Waals surface area contributed by atoms with Crippen LogP contribution in [0.15, 0.2) is 22.7 Å². The van der Waals surface area contributed by atoms with E-state index >= 15 is 0 Å². The SMILES string of the molecule is CC1(NCc2ccc(OC(F)(F)F)c(Br)c2)CCCC1. The molecule has 0 saturated heterocycles. The molecule has 1 aromatic carbocycles. The topological polar surface area (TPSA) is 21.3 Å². The average molecular weight is 352 g/mol. The van der Waals surface area contributed by atoms with E-state index in [9.17, 15) is 13.2 Å². The van der Waals surface area contributed by atoms with Gasteiger partial charge in [0.25, 0.3) is 0 Å². The van der Waals surface area contributed by atoms with E-state index in [4.69, 9.17) is 0 Å². The summed E-state index contributed by atoms with van der Waals surface area (Å²) in [5.41, 5.74) is 1.08. The Labute approximate surface area is 124 Å². The van der Waals surface area contributed by atoms with E-state index in [1.54, 1.807) is 12.1 Å². The van der Waals surface area contributed by atoms with Crippen LogP contribution in [0.1, 0.15) is 38.2 Å². The minimum atomic E-state index is -4.67. The minimum absolute atomic E-state index is 0.146. The van der Waals surface area contributed by atoms with Gasteiger partial charge >= 0.3 is 6.36 Å². The van der Waals surface area contributed by atoms with E-state index in [1.807, 2.05) is 0 Å². The van der Waals surface area contributed by atoms with Crippen LogP contribution in [0.3, 0.4) is 0 Å². The van der Waals surface area contributed by atoms with Crippen LogP contribution in [0.5, 0.6) is 5.75 Å². The fourth-order valence-electron chi connectivity index (χ4n) is 2.51. The Morgan fingerprint density at radius 1 is 1.30 bits per heavy atom. The molecular formula is C14H17BrF3NO. The first-order chi connectivity index (χ1) is 9.27. The predicted molar refractivity (Wildman–Crippen MR) is 74.5 cm³/mol. The van der Waals surface area contributed by atoms with Crippen molar-refractivity contribution < 1.29 is 17.9 Å². The molecule has 0 aromatic heterocycles. The third kappa shape index (κ3) is 4.38. The van der Waals surface area contributed by atoms with Crippen molar-refractivity contribution in [2.45, 2.75) is 51.1 Å². The molecule has 1 N–H and O–H groups in total.